The minimum absolute atomic E-state index is 0.0849. The summed E-state index contributed by atoms with van der Waals surface area (Å²) in [5.74, 6) is 0.533. The van der Waals surface area contributed by atoms with Gasteiger partial charge in [0.25, 0.3) is 0 Å². The van der Waals surface area contributed by atoms with Crippen molar-refractivity contribution in [3.63, 3.8) is 0 Å². The highest BCUT2D eigenvalue weighted by molar-refractivity contribution is 5.67. The molecule has 148 valence electrons. The van der Waals surface area contributed by atoms with E-state index in [2.05, 4.69) is 34.5 Å². The summed E-state index contributed by atoms with van der Waals surface area (Å²) in [6.45, 7) is 3.46. The van der Waals surface area contributed by atoms with Crippen LogP contribution in [0.3, 0.4) is 0 Å². The Bertz CT molecular complexity index is 854. The molecule has 3 rings (SSSR count). The molecule has 1 aromatic carbocycles. The lowest BCUT2D eigenvalue weighted by Gasteiger charge is -2.35. The summed E-state index contributed by atoms with van der Waals surface area (Å²) in [5, 5.41) is 9.58. The maximum Gasteiger partial charge on any atom is 0.387 e. The molecule has 1 aromatic heterocycles. The van der Waals surface area contributed by atoms with Crippen molar-refractivity contribution >= 4 is 5.82 Å². The number of piperidine rings is 1. The molecule has 28 heavy (non-hydrogen) atoms. The molecule has 2 heterocycles. The van der Waals surface area contributed by atoms with Crippen LogP contribution in [-0.2, 0) is 0 Å². The van der Waals surface area contributed by atoms with Gasteiger partial charge < -0.3 is 15.4 Å². The van der Waals surface area contributed by atoms with Crippen LogP contribution in [0.4, 0.5) is 14.6 Å². The number of pyridine rings is 1. The largest absolute Gasteiger partial charge is 0.435 e. The van der Waals surface area contributed by atoms with E-state index in [9.17, 15) is 14.0 Å². The third-order valence-electron chi connectivity index (χ3n) is 5.26. The lowest BCUT2D eigenvalue weighted by molar-refractivity contribution is -0.0498. The number of rotatable bonds is 5. The second kappa shape index (κ2) is 8.53. The van der Waals surface area contributed by atoms with Crippen LogP contribution < -0.4 is 10.5 Å². The van der Waals surface area contributed by atoms with E-state index >= 15 is 0 Å². The molecular formula is C21H24F2N4O. The maximum atomic E-state index is 12.3. The van der Waals surface area contributed by atoms with Gasteiger partial charge in [-0.1, -0.05) is 0 Å². The monoisotopic (exact) mass is 386 g/mol. The number of alkyl halides is 2. The maximum absolute atomic E-state index is 12.3. The number of halogens is 2. The standard InChI is InChI=1S/C21H24F2N4O/c1-13(2)27-9-7-14(8-10-27)17-11-19(26-20(25)18(17)12-24)15-3-5-16(6-4-15)28-21(22)23/h3-6,11,13-14,21H,7-10H2,1-2H3,(H2,25,26). The van der Waals surface area contributed by atoms with Gasteiger partial charge >= 0.3 is 6.61 Å². The van der Waals surface area contributed by atoms with Crippen molar-refractivity contribution in [2.75, 3.05) is 18.8 Å². The number of aromatic nitrogens is 1. The molecule has 0 aliphatic carbocycles. The van der Waals surface area contributed by atoms with E-state index < -0.39 is 6.61 Å². The molecule has 1 fully saturated rings. The lowest BCUT2D eigenvalue weighted by atomic mass is 9.86. The van der Waals surface area contributed by atoms with E-state index in [-0.39, 0.29) is 17.5 Å². The summed E-state index contributed by atoms with van der Waals surface area (Å²) in [7, 11) is 0. The second-order valence-electron chi connectivity index (χ2n) is 7.28. The predicted molar refractivity (Wildman–Crippen MR) is 104 cm³/mol. The number of anilines is 1. The molecule has 2 N–H and O–H groups in total. The Kier molecular flexibility index (Phi) is 6.10. The van der Waals surface area contributed by atoms with E-state index in [1.54, 1.807) is 12.1 Å². The van der Waals surface area contributed by atoms with Crippen LogP contribution in [0, 0.1) is 11.3 Å². The zero-order valence-electron chi connectivity index (χ0n) is 16.0. The first kappa shape index (κ1) is 20.0. The molecule has 5 nitrogen and oxygen atoms in total. The van der Waals surface area contributed by atoms with Crippen molar-refractivity contribution in [3.8, 4) is 23.1 Å². The molecule has 0 spiro atoms. The smallest absolute Gasteiger partial charge is 0.387 e. The Morgan fingerprint density at radius 3 is 2.39 bits per heavy atom. The van der Waals surface area contributed by atoms with Crippen molar-refractivity contribution in [2.24, 2.45) is 0 Å². The second-order valence-corrected chi connectivity index (χ2v) is 7.28. The fraction of sp³-hybridized carbons (Fsp3) is 0.429. The van der Waals surface area contributed by atoms with Gasteiger partial charge in [-0.05, 0) is 81.6 Å². The van der Waals surface area contributed by atoms with Gasteiger partial charge in [-0.2, -0.15) is 14.0 Å². The molecule has 2 aromatic rings. The van der Waals surface area contributed by atoms with Crippen LogP contribution in [-0.4, -0.2) is 35.6 Å². The minimum atomic E-state index is -2.86. The average Bonchev–Trinajstić information content (AvgIpc) is 2.67. The Morgan fingerprint density at radius 2 is 1.86 bits per heavy atom. The van der Waals surface area contributed by atoms with Gasteiger partial charge in [-0.15, -0.1) is 0 Å². The first-order valence-electron chi connectivity index (χ1n) is 9.39. The van der Waals surface area contributed by atoms with Crippen molar-refractivity contribution in [1.29, 1.82) is 5.26 Å². The van der Waals surface area contributed by atoms with Gasteiger partial charge in [0.2, 0.25) is 0 Å². The number of ether oxygens (including phenoxy) is 1. The van der Waals surface area contributed by atoms with Crippen molar-refractivity contribution in [3.05, 3.63) is 41.5 Å². The number of hydrogen-bond acceptors (Lipinski definition) is 5. The summed E-state index contributed by atoms with van der Waals surface area (Å²) in [6, 6.07) is 10.9. The normalized spacial score (nSPS) is 15.8. The van der Waals surface area contributed by atoms with E-state index in [1.807, 2.05) is 6.07 Å². The molecule has 0 atom stereocenters. The van der Waals surface area contributed by atoms with Gasteiger partial charge in [0.1, 0.15) is 17.6 Å². The summed E-state index contributed by atoms with van der Waals surface area (Å²) in [4.78, 5) is 6.79. The first-order valence-corrected chi connectivity index (χ1v) is 9.39. The van der Waals surface area contributed by atoms with Gasteiger partial charge in [0, 0.05) is 11.6 Å². The van der Waals surface area contributed by atoms with Crippen LogP contribution >= 0.6 is 0 Å². The molecule has 1 aliphatic rings. The number of nitriles is 1. The number of hydrogen-bond donors (Lipinski definition) is 1. The molecule has 1 saturated heterocycles. The predicted octanol–water partition coefficient (Wildman–Crippen LogP) is 4.39. The van der Waals surface area contributed by atoms with Crippen LogP contribution in [0.5, 0.6) is 5.75 Å². The molecule has 0 radical (unpaired) electrons. The van der Waals surface area contributed by atoms with E-state index in [1.165, 1.54) is 12.1 Å². The van der Waals surface area contributed by atoms with Gasteiger partial charge in [-0.25, -0.2) is 4.98 Å². The number of nitrogens with zero attached hydrogens (tertiary/aromatic N) is 3. The molecule has 0 unspecified atom stereocenters. The van der Waals surface area contributed by atoms with E-state index in [0.717, 1.165) is 37.1 Å². The van der Waals surface area contributed by atoms with E-state index in [4.69, 9.17) is 5.73 Å². The molecule has 0 saturated carbocycles. The third-order valence-corrected chi connectivity index (χ3v) is 5.26. The van der Waals surface area contributed by atoms with Crippen LogP contribution in [0.15, 0.2) is 30.3 Å². The fourth-order valence-electron chi connectivity index (χ4n) is 3.71. The lowest BCUT2D eigenvalue weighted by Crippen LogP contribution is -2.38. The Morgan fingerprint density at radius 1 is 1.21 bits per heavy atom. The highest BCUT2D eigenvalue weighted by Gasteiger charge is 2.25. The fourth-order valence-corrected chi connectivity index (χ4v) is 3.71. The first-order chi connectivity index (χ1) is 13.4. The van der Waals surface area contributed by atoms with Gasteiger partial charge in [-0.3, -0.25) is 0 Å². The zero-order valence-corrected chi connectivity index (χ0v) is 16.0. The third kappa shape index (κ3) is 4.39. The average molecular weight is 386 g/mol. The number of benzene rings is 1. The van der Waals surface area contributed by atoms with Crippen molar-refractivity contribution in [2.45, 2.75) is 45.3 Å². The molecule has 0 bridgehead atoms. The van der Waals surface area contributed by atoms with Gasteiger partial charge in [0.05, 0.1) is 11.3 Å². The number of nitrogens with two attached hydrogens (primary N) is 1. The molecule has 7 heteroatoms. The van der Waals surface area contributed by atoms with Crippen LogP contribution in [0.2, 0.25) is 0 Å². The zero-order chi connectivity index (χ0) is 20.3. The van der Waals surface area contributed by atoms with Gasteiger partial charge in [0.15, 0.2) is 0 Å². The van der Waals surface area contributed by atoms with Crippen LogP contribution in [0.1, 0.15) is 43.7 Å². The summed E-state index contributed by atoms with van der Waals surface area (Å²) < 4.78 is 29.1. The Hall–Kier alpha value is -2.72. The molecule has 0 amide bonds. The van der Waals surface area contributed by atoms with Crippen molar-refractivity contribution in [1.82, 2.24) is 9.88 Å². The van der Waals surface area contributed by atoms with Crippen molar-refractivity contribution < 1.29 is 13.5 Å². The Balaban J connectivity index is 1.89. The Labute approximate surface area is 163 Å². The minimum Gasteiger partial charge on any atom is -0.435 e. The topological polar surface area (TPSA) is 75.2 Å². The molecule has 1 aliphatic heterocycles. The summed E-state index contributed by atoms with van der Waals surface area (Å²) >= 11 is 0. The quantitative estimate of drug-likeness (QED) is 0.825. The highest BCUT2D eigenvalue weighted by atomic mass is 19.3. The van der Waals surface area contributed by atoms with Crippen LogP contribution in [0.25, 0.3) is 11.3 Å². The molecular weight excluding hydrogens is 362 g/mol. The number of nitrogen functional groups attached to an aromatic ring is 1. The summed E-state index contributed by atoms with van der Waals surface area (Å²) in [6.07, 6.45) is 1.91. The SMILES string of the molecule is CC(C)N1CCC(c2cc(-c3ccc(OC(F)F)cc3)nc(N)c2C#N)CC1. The van der Waals surface area contributed by atoms with E-state index in [0.29, 0.717) is 17.3 Å². The summed E-state index contributed by atoms with van der Waals surface area (Å²) in [5.41, 5.74) is 8.79. The number of likely N-dealkylation sites (tertiary alicyclic amines) is 1. The highest BCUT2D eigenvalue weighted by Crippen LogP contribution is 2.35.